The zero-order valence-corrected chi connectivity index (χ0v) is 12.0. The Morgan fingerprint density at radius 2 is 1.42 bits per heavy atom. The van der Waals surface area contributed by atoms with Gasteiger partial charge >= 0.3 is 18.0 Å². The van der Waals surface area contributed by atoms with Crippen LogP contribution in [0.1, 0.15) is 27.7 Å². The Labute approximate surface area is 113 Å². The second-order valence-electron chi connectivity index (χ2n) is 4.70. The van der Waals surface area contributed by atoms with Gasteiger partial charge in [-0.15, -0.1) is 0 Å². The molecule has 0 bridgehead atoms. The highest BCUT2D eigenvalue weighted by molar-refractivity contribution is 5.84. The number of amides is 2. The van der Waals surface area contributed by atoms with Gasteiger partial charge in [0.05, 0.1) is 7.11 Å². The molecule has 110 valence electrons. The van der Waals surface area contributed by atoms with Crippen molar-refractivity contribution < 1.29 is 24.2 Å². The number of carboxylic acid groups (broad SMARTS) is 1. The van der Waals surface area contributed by atoms with Crippen LogP contribution in [0.15, 0.2) is 0 Å². The molecule has 7 heteroatoms. The van der Waals surface area contributed by atoms with Crippen LogP contribution in [0, 0.1) is 0 Å². The zero-order valence-electron chi connectivity index (χ0n) is 12.0. The standard InChI is InChI=1S/C12H22N2O5/c1-8(2)13(6-10(15)16)12(18)14(9(3)4)7-11(17)19-5/h8-9H,6-7H2,1-5H3,(H,15,16). The third-order valence-corrected chi connectivity index (χ3v) is 2.57. The van der Waals surface area contributed by atoms with Gasteiger partial charge in [0.15, 0.2) is 0 Å². The molecule has 19 heavy (non-hydrogen) atoms. The summed E-state index contributed by atoms with van der Waals surface area (Å²) < 4.78 is 4.53. The monoisotopic (exact) mass is 274 g/mol. The topological polar surface area (TPSA) is 87.2 Å². The molecule has 0 unspecified atom stereocenters. The van der Waals surface area contributed by atoms with Crippen LogP contribution >= 0.6 is 0 Å². The number of ether oxygens (including phenoxy) is 1. The van der Waals surface area contributed by atoms with E-state index in [1.165, 1.54) is 16.9 Å². The van der Waals surface area contributed by atoms with E-state index < -0.39 is 24.5 Å². The van der Waals surface area contributed by atoms with E-state index in [0.29, 0.717) is 0 Å². The van der Waals surface area contributed by atoms with E-state index in [1.54, 1.807) is 27.7 Å². The van der Waals surface area contributed by atoms with Gasteiger partial charge in [-0.25, -0.2) is 4.79 Å². The third kappa shape index (κ3) is 5.58. The molecule has 7 nitrogen and oxygen atoms in total. The van der Waals surface area contributed by atoms with Crippen molar-refractivity contribution in [2.45, 2.75) is 39.8 Å². The lowest BCUT2D eigenvalue weighted by molar-refractivity contribution is -0.141. The zero-order chi connectivity index (χ0) is 15.2. The van der Waals surface area contributed by atoms with Gasteiger partial charge in [-0.05, 0) is 27.7 Å². The highest BCUT2D eigenvalue weighted by atomic mass is 16.5. The molecule has 2 amide bonds. The van der Waals surface area contributed by atoms with E-state index in [4.69, 9.17) is 5.11 Å². The first-order valence-electron chi connectivity index (χ1n) is 6.06. The molecule has 0 heterocycles. The Bertz CT molecular complexity index is 341. The Hall–Kier alpha value is -1.79. The van der Waals surface area contributed by atoms with Crippen LogP contribution in [-0.4, -0.2) is 65.2 Å². The summed E-state index contributed by atoms with van der Waals surface area (Å²) in [6.07, 6.45) is 0. The van der Waals surface area contributed by atoms with Crippen molar-refractivity contribution >= 4 is 18.0 Å². The predicted molar refractivity (Wildman–Crippen MR) is 68.7 cm³/mol. The summed E-state index contributed by atoms with van der Waals surface area (Å²) in [5.41, 5.74) is 0. The summed E-state index contributed by atoms with van der Waals surface area (Å²) in [6, 6.07) is -0.998. The molecule has 0 aromatic heterocycles. The van der Waals surface area contributed by atoms with E-state index in [1.807, 2.05) is 0 Å². The van der Waals surface area contributed by atoms with E-state index in [9.17, 15) is 14.4 Å². The highest BCUT2D eigenvalue weighted by Crippen LogP contribution is 2.08. The number of hydrogen-bond acceptors (Lipinski definition) is 4. The van der Waals surface area contributed by atoms with Gasteiger partial charge in [0.2, 0.25) is 0 Å². The number of carbonyl (C=O) groups is 3. The van der Waals surface area contributed by atoms with Crippen LogP contribution in [0.5, 0.6) is 0 Å². The van der Waals surface area contributed by atoms with Crippen molar-refractivity contribution in [3.8, 4) is 0 Å². The lowest BCUT2D eigenvalue weighted by Crippen LogP contribution is -2.52. The van der Waals surface area contributed by atoms with Crippen LogP contribution in [0.3, 0.4) is 0 Å². The molecule has 1 N–H and O–H groups in total. The maximum absolute atomic E-state index is 12.3. The summed E-state index contributed by atoms with van der Waals surface area (Å²) in [4.78, 5) is 36.9. The fraction of sp³-hybridized carbons (Fsp3) is 0.750. The van der Waals surface area contributed by atoms with Crippen molar-refractivity contribution in [3.63, 3.8) is 0 Å². The maximum atomic E-state index is 12.3. The minimum Gasteiger partial charge on any atom is -0.480 e. The number of esters is 1. The molecule has 0 aromatic rings. The average Bonchev–Trinajstić information content (AvgIpc) is 2.30. The third-order valence-electron chi connectivity index (χ3n) is 2.57. The number of carbonyl (C=O) groups excluding carboxylic acids is 2. The Kier molecular flexibility index (Phi) is 6.89. The van der Waals surface area contributed by atoms with E-state index >= 15 is 0 Å². The summed E-state index contributed by atoms with van der Waals surface area (Å²) in [5, 5.41) is 8.83. The summed E-state index contributed by atoms with van der Waals surface area (Å²) in [5.74, 6) is -1.63. The lowest BCUT2D eigenvalue weighted by Gasteiger charge is -2.33. The number of nitrogens with zero attached hydrogens (tertiary/aromatic N) is 2. The van der Waals surface area contributed by atoms with Crippen molar-refractivity contribution in [2.75, 3.05) is 20.2 Å². The summed E-state index contributed by atoms with van der Waals surface area (Å²) in [7, 11) is 1.24. The molecular formula is C12H22N2O5. The van der Waals surface area contributed by atoms with E-state index in [-0.39, 0.29) is 18.6 Å². The van der Waals surface area contributed by atoms with Gasteiger partial charge in [-0.1, -0.05) is 0 Å². The largest absolute Gasteiger partial charge is 0.480 e. The number of urea groups is 1. The summed E-state index contributed by atoms with van der Waals surface area (Å²) in [6.45, 7) is 6.34. The minimum absolute atomic E-state index is 0.199. The molecule has 0 aromatic carbocycles. The van der Waals surface area contributed by atoms with Crippen LogP contribution in [0.2, 0.25) is 0 Å². The number of hydrogen-bond donors (Lipinski definition) is 1. The van der Waals surface area contributed by atoms with Crippen molar-refractivity contribution in [3.05, 3.63) is 0 Å². The smallest absolute Gasteiger partial charge is 0.325 e. The molecule has 0 fully saturated rings. The quantitative estimate of drug-likeness (QED) is 0.723. The molecule has 0 saturated heterocycles. The number of carboxylic acids is 1. The van der Waals surface area contributed by atoms with Crippen LogP contribution in [0.4, 0.5) is 4.79 Å². The predicted octanol–water partition coefficient (Wildman–Crippen LogP) is 0.785. The fourth-order valence-corrected chi connectivity index (χ4v) is 1.46. The average molecular weight is 274 g/mol. The molecule has 0 radical (unpaired) electrons. The maximum Gasteiger partial charge on any atom is 0.325 e. The molecule has 0 rings (SSSR count). The van der Waals surface area contributed by atoms with Gasteiger partial charge in [0, 0.05) is 12.1 Å². The Morgan fingerprint density at radius 1 is 1.00 bits per heavy atom. The highest BCUT2D eigenvalue weighted by Gasteiger charge is 2.28. The van der Waals surface area contributed by atoms with Gasteiger partial charge in [0.1, 0.15) is 13.1 Å². The van der Waals surface area contributed by atoms with Crippen molar-refractivity contribution in [1.82, 2.24) is 9.80 Å². The van der Waals surface area contributed by atoms with Crippen molar-refractivity contribution in [2.24, 2.45) is 0 Å². The lowest BCUT2D eigenvalue weighted by atomic mass is 10.3. The SMILES string of the molecule is COC(=O)CN(C(=O)N(CC(=O)O)C(C)C)C(C)C. The number of aliphatic carboxylic acids is 1. The van der Waals surface area contributed by atoms with Crippen LogP contribution in [-0.2, 0) is 14.3 Å². The molecule has 0 aliphatic rings. The second-order valence-corrected chi connectivity index (χ2v) is 4.70. The first kappa shape index (κ1) is 17.2. The molecule has 0 aliphatic carbocycles. The Morgan fingerprint density at radius 3 is 1.74 bits per heavy atom. The van der Waals surface area contributed by atoms with Gasteiger partial charge < -0.3 is 19.6 Å². The van der Waals surface area contributed by atoms with Gasteiger partial charge in [-0.2, -0.15) is 0 Å². The van der Waals surface area contributed by atoms with Crippen LogP contribution < -0.4 is 0 Å². The molecule has 0 saturated carbocycles. The first-order chi connectivity index (χ1) is 8.70. The van der Waals surface area contributed by atoms with Gasteiger partial charge in [-0.3, -0.25) is 9.59 Å². The molecule has 0 aliphatic heterocycles. The Balaban J connectivity index is 5.02. The normalized spacial score (nSPS) is 10.5. The molecule has 0 spiro atoms. The first-order valence-corrected chi connectivity index (χ1v) is 6.06. The van der Waals surface area contributed by atoms with E-state index in [0.717, 1.165) is 0 Å². The number of rotatable bonds is 6. The van der Waals surface area contributed by atoms with Crippen LogP contribution in [0.25, 0.3) is 0 Å². The molecular weight excluding hydrogens is 252 g/mol. The van der Waals surface area contributed by atoms with E-state index in [2.05, 4.69) is 4.74 Å². The second kappa shape index (κ2) is 7.60. The van der Waals surface area contributed by atoms with Gasteiger partial charge in [0.25, 0.3) is 0 Å². The van der Waals surface area contributed by atoms with Crippen molar-refractivity contribution in [1.29, 1.82) is 0 Å². The fourth-order valence-electron chi connectivity index (χ4n) is 1.46. The molecule has 0 atom stereocenters. The minimum atomic E-state index is -1.09. The summed E-state index contributed by atoms with van der Waals surface area (Å²) >= 11 is 0. The number of methoxy groups -OCH3 is 1.